The number of benzene rings is 3. The lowest BCUT2D eigenvalue weighted by atomic mass is 9.93. The van der Waals surface area contributed by atoms with E-state index in [9.17, 15) is 14.3 Å². The largest absolute Gasteiger partial charge is 0.503 e. The number of ether oxygens (including phenoxy) is 2. The van der Waals surface area contributed by atoms with Gasteiger partial charge in [0.1, 0.15) is 5.82 Å². The number of aliphatic hydroxyl groups excluding tert-OH is 1. The van der Waals surface area contributed by atoms with Crippen molar-refractivity contribution in [3.63, 3.8) is 0 Å². The van der Waals surface area contributed by atoms with Crippen molar-refractivity contribution >= 4 is 11.5 Å². The number of carbonyl (C=O) groups is 1. The smallest absolute Gasteiger partial charge is 0.289 e. The zero-order valence-corrected chi connectivity index (χ0v) is 17.9. The molecule has 1 heterocycles. The van der Waals surface area contributed by atoms with Gasteiger partial charge in [0.25, 0.3) is 5.91 Å². The Morgan fingerprint density at radius 3 is 2.31 bits per heavy atom. The fourth-order valence-electron chi connectivity index (χ4n) is 4.10. The molecule has 0 unspecified atom stereocenters. The predicted octanol–water partition coefficient (Wildman–Crippen LogP) is 4.94. The van der Waals surface area contributed by atoms with Crippen LogP contribution in [0.3, 0.4) is 0 Å². The summed E-state index contributed by atoms with van der Waals surface area (Å²) in [6.07, 6.45) is 0.492. The van der Waals surface area contributed by atoms with Gasteiger partial charge in [-0.05, 0) is 35.7 Å². The standard InChI is InChI=1S/C26H24FNO4/c1-31-21-13-12-17(16-22(21)32-2)14-15-28-24(19-10-6-7-11-20(19)27)23(25(29)26(28)30)18-8-4-3-5-9-18/h3-13,16,24,29H,14-15H2,1-2H3/t24-/m0/s1. The zero-order chi connectivity index (χ0) is 22.7. The molecule has 0 bridgehead atoms. The maximum atomic E-state index is 14.8. The van der Waals surface area contributed by atoms with E-state index in [0.717, 1.165) is 5.56 Å². The quantitative estimate of drug-likeness (QED) is 0.574. The Morgan fingerprint density at radius 1 is 0.938 bits per heavy atom. The number of amides is 1. The Hall–Kier alpha value is -3.80. The first kappa shape index (κ1) is 21.4. The first-order valence-corrected chi connectivity index (χ1v) is 10.3. The Bertz CT molecular complexity index is 1160. The lowest BCUT2D eigenvalue weighted by Gasteiger charge is -2.28. The van der Waals surface area contributed by atoms with E-state index < -0.39 is 17.8 Å². The van der Waals surface area contributed by atoms with Crippen LogP contribution in [0.25, 0.3) is 5.57 Å². The first-order valence-electron chi connectivity index (χ1n) is 10.3. The van der Waals surface area contributed by atoms with Gasteiger partial charge in [-0.25, -0.2) is 4.39 Å². The summed E-state index contributed by atoms with van der Waals surface area (Å²) in [5.74, 6) is -0.0864. The summed E-state index contributed by atoms with van der Waals surface area (Å²) < 4.78 is 25.5. The molecule has 1 aliphatic rings. The maximum absolute atomic E-state index is 14.8. The summed E-state index contributed by atoms with van der Waals surface area (Å²) in [6, 6.07) is 20.3. The SMILES string of the molecule is COc1ccc(CCN2C(=O)C(O)=C(c3ccccc3)[C@@H]2c2ccccc2F)cc1OC. The van der Waals surface area contributed by atoms with Gasteiger partial charge in [-0.1, -0.05) is 54.6 Å². The fourth-order valence-corrected chi connectivity index (χ4v) is 4.10. The molecule has 0 fully saturated rings. The van der Waals surface area contributed by atoms with Crippen LogP contribution in [0.1, 0.15) is 22.7 Å². The summed E-state index contributed by atoms with van der Waals surface area (Å²) in [7, 11) is 3.13. The molecular weight excluding hydrogens is 409 g/mol. The highest BCUT2D eigenvalue weighted by molar-refractivity contribution is 6.05. The molecule has 0 aliphatic carbocycles. The number of methoxy groups -OCH3 is 2. The van der Waals surface area contributed by atoms with E-state index in [2.05, 4.69) is 0 Å². The Labute approximate surface area is 186 Å². The zero-order valence-electron chi connectivity index (χ0n) is 17.9. The maximum Gasteiger partial charge on any atom is 0.289 e. The van der Waals surface area contributed by atoms with Crippen LogP contribution in [0.5, 0.6) is 11.5 Å². The lowest BCUT2D eigenvalue weighted by molar-refractivity contribution is -0.129. The van der Waals surface area contributed by atoms with Gasteiger partial charge in [-0.2, -0.15) is 0 Å². The second-order valence-electron chi connectivity index (χ2n) is 7.49. The minimum absolute atomic E-state index is 0.285. The van der Waals surface area contributed by atoms with Crippen molar-refractivity contribution in [1.29, 1.82) is 0 Å². The molecule has 0 saturated carbocycles. The van der Waals surface area contributed by atoms with Gasteiger partial charge >= 0.3 is 0 Å². The fraction of sp³-hybridized carbons (Fsp3) is 0.192. The highest BCUT2D eigenvalue weighted by Gasteiger charge is 2.41. The second-order valence-corrected chi connectivity index (χ2v) is 7.49. The van der Waals surface area contributed by atoms with Gasteiger partial charge in [0.15, 0.2) is 17.3 Å². The topological polar surface area (TPSA) is 59.0 Å². The molecule has 3 aromatic rings. The molecular formula is C26H24FNO4. The molecule has 1 N–H and O–H groups in total. The minimum atomic E-state index is -0.730. The van der Waals surface area contributed by atoms with Crippen LogP contribution >= 0.6 is 0 Å². The molecule has 1 aliphatic heterocycles. The molecule has 0 saturated heterocycles. The van der Waals surface area contributed by atoms with Gasteiger partial charge in [0.2, 0.25) is 0 Å². The molecule has 0 radical (unpaired) electrons. The van der Waals surface area contributed by atoms with Gasteiger partial charge in [0.05, 0.1) is 20.3 Å². The summed E-state index contributed by atoms with van der Waals surface area (Å²) >= 11 is 0. The average Bonchev–Trinajstić information content (AvgIpc) is 3.08. The third-order valence-corrected chi connectivity index (χ3v) is 5.68. The van der Waals surface area contributed by atoms with Gasteiger partial charge in [-0.3, -0.25) is 4.79 Å². The predicted molar refractivity (Wildman–Crippen MR) is 120 cm³/mol. The second kappa shape index (κ2) is 9.14. The number of aliphatic hydroxyl groups is 1. The molecule has 3 aromatic carbocycles. The molecule has 5 nitrogen and oxygen atoms in total. The minimum Gasteiger partial charge on any atom is -0.503 e. The number of rotatable bonds is 7. The van der Waals surface area contributed by atoms with Crippen molar-refractivity contribution in [2.45, 2.75) is 12.5 Å². The normalized spacial score (nSPS) is 15.9. The van der Waals surface area contributed by atoms with Crippen LogP contribution in [-0.4, -0.2) is 36.7 Å². The van der Waals surface area contributed by atoms with Crippen molar-refractivity contribution in [3.05, 3.63) is 101 Å². The molecule has 0 spiro atoms. The lowest BCUT2D eigenvalue weighted by Crippen LogP contribution is -2.32. The highest BCUT2D eigenvalue weighted by atomic mass is 19.1. The van der Waals surface area contributed by atoms with Gasteiger partial charge in [0, 0.05) is 17.7 Å². The van der Waals surface area contributed by atoms with Crippen molar-refractivity contribution in [2.75, 3.05) is 20.8 Å². The Balaban J connectivity index is 1.70. The number of hydrogen-bond donors (Lipinski definition) is 1. The summed E-state index contributed by atoms with van der Waals surface area (Å²) in [5, 5.41) is 10.8. The van der Waals surface area contributed by atoms with E-state index in [1.54, 1.807) is 38.5 Å². The highest BCUT2D eigenvalue weighted by Crippen LogP contribution is 2.43. The third-order valence-electron chi connectivity index (χ3n) is 5.68. The summed E-state index contributed by atoms with van der Waals surface area (Å²) in [4.78, 5) is 14.6. The van der Waals surface area contributed by atoms with E-state index >= 15 is 0 Å². The monoisotopic (exact) mass is 433 g/mol. The van der Waals surface area contributed by atoms with E-state index in [4.69, 9.17) is 9.47 Å². The number of halogens is 1. The van der Waals surface area contributed by atoms with E-state index in [-0.39, 0.29) is 12.3 Å². The van der Waals surface area contributed by atoms with Crippen LogP contribution < -0.4 is 9.47 Å². The molecule has 4 rings (SSSR count). The van der Waals surface area contributed by atoms with E-state index in [1.165, 1.54) is 11.0 Å². The van der Waals surface area contributed by atoms with Gasteiger partial charge in [-0.15, -0.1) is 0 Å². The molecule has 0 aromatic heterocycles. The third kappa shape index (κ3) is 3.91. The summed E-state index contributed by atoms with van der Waals surface area (Å²) in [5.41, 5.74) is 2.36. The van der Waals surface area contributed by atoms with Crippen molar-refractivity contribution < 1.29 is 23.8 Å². The van der Waals surface area contributed by atoms with Crippen LogP contribution in [0.15, 0.2) is 78.6 Å². The summed E-state index contributed by atoms with van der Waals surface area (Å²) in [6.45, 7) is 0.285. The van der Waals surface area contributed by atoms with E-state index in [0.29, 0.717) is 34.6 Å². The van der Waals surface area contributed by atoms with Crippen molar-refractivity contribution in [3.8, 4) is 11.5 Å². The van der Waals surface area contributed by atoms with Gasteiger partial charge < -0.3 is 19.5 Å². The molecule has 164 valence electrons. The average molecular weight is 433 g/mol. The van der Waals surface area contributed by atoms with Crippen LogP contribution in [0.2, 0.25) is 0 Å². The molecule has 32 heavy (non-hydrogen) atoms. The molecule has 1 amide bonds. The first-order chi connectivity index (χ1) is 15.5. The van der Waals surface area contributed by atoms with E-state index in [1.807, 2.05) is 42.5 Å². The molecule has 1 atom stereocenters. The van der Waals surface area contributed by atoms with Crippen LogP contribution in [-0.2, 0) is 11.2 Å². The number of carbonyl (C=O) groups excluding carboxylic acids is 1. The number of hydrogen-bond acceptors (Lipinski definition) is 4. The van der Waals surface area contributed by atoms with Crippen molar-refractivity contribution in [1.82, 2.24) is 4.90 Å². The van der Waals surface area contributed by atoms with Crippen molar-refractivity contribution in [2.24, 2.45) is 0 Å². The Morgan fingerprint density at radius 2 is 1.62 bits per heavy atom. The molecule has 6 heteroatoms. The van der Waals surface area contributed by atoms with Crippen LogP contribution in [0.4, 0.5) is 4.39 Å². The number of nitrogens with zero attached hydrogens (tertiary/aromatic N) is 1. The van der Waals surface area contributed by atoms with Crippen LogP contribution in [0, 0.1) is 5.82 Å². The Kier molecular flexibility index (Phi) is 6.12.